The molecule has 194 valence electrons. The molecule has 0 atom stereocenters. The Bertz CT molecular complexity index is 1510. The summed E-state index contributed by atoms with van der Waals surface area (Å²) in [5.74, 6) is 2.17. The van der Waals surface area contributed by atoms with Gasteiger partial charge in [-0.25, -0.2) is 0 Å². The quantitative estimate of drug-likeness (QED) is 0.275. The van der Waals surface area contributed by atoms with Gasteiger partial charge in [-0.1, -0.05) is 25.3 Å². The first kappa shape index (κ1) is 25.3. The second kappa shape index (κ2) is 11.0. The molecule has 0 aliphatic heterocycles. The summed E-state index contributed by atoms with van der Waals surface area (Å²) in [6.07, 6.45) is 7.92. The number of hydrogen-bond donors (Lipinski definition) is 0. The SMILES string of the molecule is COc1cc(C(=O)N(C)C)ccc1-c1cc2nccc(-c3ccc(OCC4CCCCC4)c(C#N)c3)c2o1. The van der Waals surface area contributed by atoms with Gasteiger partial charge in [0.2, 0.25) is 0 Å². The number of rotatable bonds is 7. The van der Waals surface area contributed by atoms with E-state index in [0.717, 1.165) is 16.7 Å². The van der Waals surface area contributed by atoms with Crippen LogP contribution in [0, 0.1) is 17.2 Å². The molecule has 5 rings (SSSR count). The van der Waals surface area contributed by atoms with Gasteiger partial charge in [0.05, 0.1) is 24.8 Å². The lowest BCUT2D eigenvalue weighted by atomic mass is 9.90. The molecule has 7 nitrogen and oxygen atoms in total. The number of pyridine rings is 1. The Kier molecular flexibility index (Phi) is 7.32. The highest BCUT2D eigenvalue weighted by Gasteiger charge is 2.19. The predicted molar refractivity (Wildman–Crippen MR) is 146 cm³/mol. The van der Waals surface area contributed by atoms with Crippen LogP contribution in [0.4, 0.5) is 0 Å². The van der Waals surface area contributed by atoms with E-state index in [1.807, 2.05) is 36.4 Å². The number of hydrogen-bond acceptors (Lipinski definition) is 6. The largest absolute Gasteiger partial charge is 0.496 e. The lowest BCUT2D eigenvalue weighted by molar-refractivity contribution is 0.0827. The molecule has 2 aromatic carbocycles. The average Bonchev–Trinajstić information content (AvgIpc) is 3.40. The van der Waals surface area contributed by atoms with Crippen molar-refractivity contribution in [1.29, 1.82) is 5.26 Å². The van der Waals surface area contributed by atoms with Crippen LogP contribution in [0.1, 0.15) is 48.0 Å². The molecule has 1 saturated carbocycles. The van der Waals surface area contributed by atoms with Crippen LogP contribution < -0.4 is 9.47 Å². The number of methoxy groups -OCH3 is 1. The van der Waals surface area contributed by atoms with E-state index in [-0.39, 0.29) is 5.91 Å². The first-order valence-electron chi connectivity index (χ1n) is 12.9. The maximum Gasteiger partial charge on any atom is 0.253 e. The van der Waals surface area contributed by atoms with Crippen molar-refractivity contribution >= 4 is 17.0 Å². The van der Waals surface area contributed by atoms with Gasteiger partial charge in [-0.05, 0) is 60.7 Å². The van der Waals surface area contributed by atoms with E-state index in [4.69, 9.17) is 13.9 Å². The fraction of sp³-hybridized carbons (Fsp3) is 0.323. The van der Waals surface area contributed by atoms with Gasteiger partial charge in [-0.2, -0.15) is 5.26 Å². The topological polar surface area (TPSA) is 88.6 Å². The fourth-order valence-corrected chi connectivity index (χ4v) is 5.06. The lowest BCUT2D eigenvalue weighted by Gasteiger charge is -2.22. The molecule has 0 spiro atoms. The molecule has 0 radical (unpaired) electrons. The molecule has 1 aliphatic rings. The van der Waals surface area contributed by atoms with Crippen molar-refractivity contribution in [3.05, 3.63) is 65.9 Å². The van der Waals surface area contributed by atoms with Gasteiger partial charge >= 0.3 is 0 Å². The van der Waals surface area contributed by atoms with Gasteiger partial charge in [0.25, 0.3) is 5.91 Å². The van der Waals surface area contributed by atoms with Crippen molar-refractivity contribution in [3.63, 3.8) is 0 Å². The van der Waals surface area contributed by atoms with Crippen molar-refractivity contribution in [1.82, 2.24) is 9.88 Å². The molecule has 7 heteroatoms. The molecule has 2 heterocycles. The summed E-state index contributed by atoms with van der Waals surface area (Å²) in [6.45, 7) is 0.649. The highest BCUT2D eigenvalue weighted by atomic mass is 16.5. The van der Waals surface area contributed by atoms with Crippen LogP contribution in [0.3, 0.4) is 0 Å². The standard InChI is InChI=1S/C31H31N3O4/c1-34(2)31(35)22-9-11-25(28(16-22)36-3)29-17-26-30(38-29)24(13-14-33-26)21-10-12-27(23(15-21)18-32)37-19-20-7-5-4-6-8-20/h9-17,20H,4-8,19H2,1-3H3. The number of carbonyl (C=O) groups excluding carboxylic acids is 1. The van der Waals surface area contributed by atoms with Crippen LogP contribution in [0.5, 0.6) is 11.5 Å². The maximum absolute atomic E-state index is 12.4. The third-order valence-corrected chi connectivity index (χ3v) is 7.14. The highest BCUT2D eigenvalue weighted by Crippen LogP contribution is 2.38. The molecule has 0 saturated heterocycles. The number of aromatic nitrogens is 1. The maximum atomic E-state index is 12.4. The Hall–Kier alpha value is -4.31. The van der Waals surface area contributed by atoms with Gasteiger partial charge in [0, 0.05) is 37.5 Å². The van der Waals surface area contributed by atoms with Gasteiger partial charge in [0.1, 0.15) is 28.8 Å². The zero-order chi connectivity index (χ0) is 26.6. The number of nitrogens with zero attached hydrogens (tertiary/aromatic N) is 3. The molecule has 1 fully saturated rings. The zero-order valence-electron chi connectivity index (χ0n) is 22.0. The van der Waals surface area contributed by atoms with E-state index < -0.39 is 0 Å². The van der Waals surface area contributed by atoms with Gasteiger partial charge in [-0.3, -0.25) is 9.78 Å². The van der Waals surface area contributed by atoms with Crippen molar-refractivity contribution in [2.45, 2.75) is 32.1 Å². The number of carbonyl (C=O) groups is 1. The monoisotopic (exact) mass is 509 g/mol. The Morgan fingerprint density at radius 1 is 1.05 bits per heavy atom. The molecule has 0 unspecified atom stereocenters. The smallest absolute Gasteiger partial charge is 0.253 e. The highest BCUT2D eigenvalue weighted by molar-refractivity contribution is 5.96. The molecule has 0 bridgehead atoms. The van der Waals surface area contributed by atoms with Crippen LogP contribution >= 0.6 is 0 Å². The van der Waals surface area contributed by atoms with Crippen LogP contribution in [0.2, 0.25) is 0 Å². The number of benzene rings is 2. The number of ether oxygens (including phenoxy) is 2. The second-order valence-corrected chi connectivity index (χ2v) is 9.94. The number of amides is 1. The van der Waals surface area contributed by atoms with Crippen molar-refractivity contribution in [2.75, 3.05) is 27.8 Å². The summed E-state index contributed by atoms with van der Waals surface area (Å²) in [6, 6.07) is 17.0. The first-order chi connectivity index (χ1) is 18.5. The average molecular weight is 510 g/mol. The van der Waals surface area contributed by atoms with Crippen molar-refractivity contribution in [3.8, 4) is 40.0 Å². The lowest BCUT2D eigenvalue weighted by Crippen LogP contribution is -2.21. The van der Waals surface area contributed by atoms with E-state index in [9.17, 15) is 10.1 Å². The van der Waals surface area contributed by atoms with E-state index in [1.54, 1.807) is 39.5 Å². The Balaban J connectivity index is 1.47. The summed E-state index contributed by atoms with van der Waals surface area (Å²) in [7, 11) is 4.99. The Labute approximate surface area is 222 Å². The van der Waals surface area contributed by atoms with Crippen LogP contribution in [-0.4, -0.2) is 43.6 Å². The van der Waals surface area contributed by atoms with E-state index in [0.29, 0.717) is 52.0 Å². The van der Waals surface area contributed by atoms with Crippen LogP contribution in [0.15, 0.2) is 59.1 Å². The Morgan fingerprint density at radius 2 is 1.87 bits per heavy atom. The molecule has 0 N–H and O–H groups in total. The zero-order valence-corrected chi connectivity index (χ0v) is 22.0. The fourth-order valence-electron chi connectivity index (χ4n) is 5.06. The van der Waals surface area contributed by atoms with E-state index in [2.05, 4.69) is 11.1 Å². The number of nitriles is 1. The van der Waals surface area contributed by atoms with Gasteiger partial charge < -0.3 is 18.8 Å². The Morgan fingerprint density at radius 3 is 2.61 bits per heavy atom. The minimum atomic E-state index is -0.108. The summed E-state index contributed by atoms with van der Waals surface area (Å²) < 4.78 is 18.0. The predicted octanol–water partition coefficient (Wildman–Crippen LogP) is 6.70. The molecule has 1 amide bonds. The van der Waals surface area contributed by atoms with Gasteiger partial charge in [0.15, 0.2) is 5.58 Å². The third kappa shape index (κ3) is 5.08. The third-order valence-electron chi connectivity index (χ3n) is 7.14. The number of furan rings is 1. The number of fused-ring (bicyclic) bond motifs is 1. The van der Waals surface area contributed by atoms with Crippen LogP contribution in [0.25, 0.3) is 33.6 Å². The van der Waals surface area contributed by atoms with Crippen molar-refractivity contribution in [2.24, 2.45) is 5.92 Å². The molecular weight excluding hydrogens is 478 g/mol. The molecular formula is C31H31N3O4. The molecule has 38 heavy (non-hydrogen) atoms. The normalized spacial score (nSPS) is 13.7. The van der Waals surface area contributed by atoms with E-state index in [1.165, 1.54) is 37.0 Å². The minimum absolute atomic E-state index is 0.108. The second-order valence-electron chi connectivity index (χ2n) is 9.94. The summed E-state index contributed by atoms with van der Waals surface area (Å²) >= 11 is 0. The molecule has 2 aromatic heterocycles. The molecule has 4 aromatic rings. The molecule has 1 aliphatic carbocycles. The van der Waals surface area contributed by atoms with Crippen LogP contribution in [-0.2, 0) is 0 Å². The summed E-state index contributed by atoms with van der Waals surface area (Å²) in [4.78, 5) is 18.4. The summed E-state index contributed by atoms with van der Waals surface area (Å²) in [5, 5.41) is 9.84. The minimum Gasteiger partial charge on any atom is -0.496 e. The summed E-state index contributed by atoms with van der Waals surface area (Å²) in [5.41, 5.74) is 4.71. The van der Waals surface area contributed by atoms with E-state index >= 15 is 0 Å². The van der Waals surface area contributed by atoms with Crippen molar-refractivity contribution < 1.29 is 18.7 Å². The van der Waals surface area contributed by atoms with Gasteiger partial charge in [-0.15, -0.1) is 0 Å². The first-order valence-corrected chi connectivity index (χ1v) is 12.9.